The van der Waals surface area contributed by atoms with Crippen molar-refractivity contribution in [2.75, 3.05) is 19.6 Å². The molecule has 0 atom stereocenters. The SMILES string of the molecule is CCC1CCC(CNC(=O)CNC(=O)CN)CC1.Cl. The van der Waals surface area contributed by atoms with Crippen molar-refractivity contribution in [1.82, 2.24) is 10.6 Å². The molecule has 19 heavy (non-hydrogen) atoms. The molecule has 0 aliphatic heterocycles. The highest BCUT2D eigenvalue weighted by molar-refractivity contribution is 5.85. The quantitative estimate of drug-likeness (QED) is 0.677. The molecule has 0 unspecified atom stereocenters. The Hall–Kier alpha value is -0.810. The Labute approximate surface area is 121 Å². The molecule has 0 aromatic carbocycles. The Kier molecular flexibility index (Phi) is 9.61. The summed E-state index contributed by atoms with van der Waals surface area (Å²) in [6.45, 7) is 2.93. The van der Waals surface area contributed by atoms with Gasteiger partial charge in [-0.1, -0.05) is 26.2 Å². The highest BCUT2D eigenvalue weighted by Crippen LogP contribution is 2.29. The fourth-order valence-electron chi connectivity index (χ4n) is 2.42. The molecule has 0 bridgehead atoms. The number of hydrogen-bond donors (Lipinski definition) is 3. The third kappa shape index (κ3) is 7.38. The van der Waals surface area contributed by atoms with Crippen LogP contribution in [0.1, 0.15) is 39.0 Å². The average Bonchev–Trinajstić information content (AvgIpc) is 2.42. The van der Waals surface area contributed by atoms with Gasteiger partial charge in [0.2, 0.25) is 11.8 Å². The first-order chi connectivity index (χ1) is 8.65. The maximum Gasteiger partial charge on any atom is 0.239 e. The highest BCUT2D eigenvalue weighted by Gasteiger charge is 2.20. The number of nitrogens with one attached hydrogen (secondary N) is 2. The Morgan fingerprint density at radius 1 is 1.05 bits per heavy atom. The fraction of sp³-hybridized carbons (Fsp3) is 0.846. The predicted octanol–water partition coefficient (Wildman–Crippen LogP) is 0.816. The van der Waals surface area contributed by atoms with Crippen LogP contribution in [0.2, 0.25) is 0 Å². The van der Waals surface area contributed by atoms with Crippen LogP contribution in [0.5, 0.6) is 0 Å². The van der Waals surface area contributed by atoms with Crippen LogP contribution in [-0.2, 0) is 9.59 Å². The molecule has 0 aromatic rings. The van der Waals surface area contributed by atoms with Crippen molar-refractivity contribution in [3.8, 4) is 0 Å². The Morgan fingerprint density at radius 2 is 1.63 bits per heavy atom. The van der Waals surface area contributed by atoms with Crippen molar-refractivity contribution in [2.24, 2.45) is 17.6 Å². The van der Waals surface area contributed by atoms with Crippen molar-refractivity contribution < 1.29 is 9.59 Å². The second-order valence-corrected chi connectivity index (χ2v) is 5.08. The minimum absolute atomic E-state index is 0. The fourth-order valence-corrected chi connectivity index (χ4v) is 2.42. The maximum absolute atomic E-state index is 11.5. The van der Waals surface area contributed by atoms with Gasteiger partial charge in [0.15, 0.2) is 0 Å². The van der Waals surface area contributed by atoms with Crippen molar-refractivity contribution in [2.45, 2.75) is 39.0 Å². The molecule has 6 heteroatoms. The molecule has 5 nitrogen and oxygen atoms in total. The number of nitrogens with two attached hydrogens (primary N) is 1. The van der Waals surface area contributed by atoms with Gasteiger partial charge in [0.05, 0.1) is 13.1 Å². The zero-order valence-electron chi connectivity index (χ0n) is 11.6. The lowest BCUT2D eigenvalue weighted by Gasteiger charge is -2.27. The molecule has 0 spiro atoms. The van der Waals surface area contributed by atoms with Gasteiger partial charge in [0.25, 0.3) is 0 Å². The van der Waals surface area contributed by atoms with Gasteiger partial charge in [-0.25, -0.2) is 0 Å². The molecule has 0 aromatic heterocycles. The summed E-state index contributed by atoms with van der Waals surface area (Å²) in [5.74, 6) is 1.05. The zero-order chi connectivity index (χ0) is 13.4. The van der Waals surface area contributed by atoms with Gasteiger partial charge >= 0.3 is 0 Å². The topological polar surface area (TPSA) is 84.2 Å². The van der Waals surface area contributed by atoms with Crippen LogP contribution >= 0.6 is 12.4 Å². The summed E-state index contributed by atoms with van der Waals surface area (Å²) in [5.41, 5.74) is 5.13. The second-order valence-electron chi connectivity index (χ2n) is 5.08. The van der Waals surface area contributed by atoms with Crippen molar-refractivity contribution >= 4 is 24.2 Å². The van der Waals surface area contributed by atoms with E-state index in [1.807, 2.05) is 0 Å². The van der Waals surface area contributed by atoms with Gasteiger partial charge in [0.1, 0.15) is 0 Å². The van der Waals surface area contributed by atoms with Gasteiger partial charge in [-0.3, -0.25) is 9.59 Å². The lowest BCUT2D eigenvalue weighted by Crippen LogP contribution is -2.41. The zero-order valence-corrected chi connectivity index (χ0v) is 12.4. The van der Waals surface area contributed by atoms with Crippen LogP contribution in [0.25, 0.3) is 0 Å². The van der Waals surface area contributed by atoms with E-state index in [4.69, 9.17) is 5.73 Å². The maximum atomic E-state index is 11.5. The van der Waals surface area contributed by atoms with Gasteiger partial charge in [0, 0.05) is 6.54 Å². The third-order valence-corrected chi connectivity index (χ3v) is 3.76. The van der Waals surface area contributed by atoms with E-state index >= 15 is 0 Å². The Morgan fingerprint density at radius 3 is 2.16 bits per heavy atom. The third-order valence-electron chi connectivity index (χ3n) is 3.76. The number of amides is 2. The van der Waals surface area contributed by atoms with E-state index in [1.165, 1.54) is 32.1 Å². The van der Waals surface area contributed by atoms with Crippen LogP contribution in [-0.4, -0.2) is 31.4 Å². The molecule has 1 aliphatic rings. The number of rotatable bonds is 6. The number of hydrogen-bond acceptors (Lipinski definition) is 3. The van der Waals surface area contributed by atoms with E-state index in [-0.39, 0.29) is 37.3 Å². The molecular formula is C13H26ClN3O2. The summed E-state index contributed by atoms with van der Waals surface area (Å²) >= 11 is 0. The summed E-state index contributed by atoms with van der Waals surface area (Å²) in [4.78, 5) is 22.3. The van der Waals surface area contributed by atoms with Crippen molar-refractivity contribution in [1.29, 1.82) is 0 Å². The molecule has 2 amide bonds. The van der Waals surface area contributed by atoms with Gasteiger partial charge < -0.3 is 16.4 Å². The minimum Gasteiger partial charge on any atom is -0.354 e. The first-order valence-electron chi connectivity index (χ1n) is 6.89. The lowest BCUT2D eigenvalue weighted by molar-refractivity contribution is -0.125. The van der Waals surface area contributed by atoms with Crippen molar-refractivity contribution in [3.05, 3.63) is 0 Å². The van der Waals surface area contributed by atoms with E-state index in [9.17, 15) is 9.59 Å². The summed E-state index contributed by atoms with van der Waals surface area (Å²) in [5, 5.41) is 5.33. The molecule has 1 fully saturated rings. The van der Waals surface area contributed by atoms with Crippen molar-refractivity contribution in [3.63, 3.8) is 0 Å². The molecule has 0 heterocycles. The van der Waals surface area contributed by atoms with Crippen LogP contribution < -0.4 is 16.4 Å². The van der Waals surface area contributed by atoms with E-state index in [0.29, 0.717) is 5.92 Å². The minimum atomic E-state index is -0.298. The van der Waals surface area contributed by atoms with E-state index < -0.39 is 0 Å². The lowest BCUT2D eigenvalue weighted by atomic mass is 9.81. The van der Waals surface area contributed by atoms with Crippen LogP contribution in [0.15, 0.2) is 0 Å². The molecule has 1 rings (SSSR count). The number of carbonyl (C=O) groups is 2. The monoisotopic (exact) mass is 291 g/mol. The molecule has 4 N–H and O–H groups in total. The number of carbonyl (C=O) groups excluding carboxylic acids is 2. The number of halogens is 1. The molecule has 0 saturated heterocycles. The van der Waals surface area contributed by atoms with Crippen LogP contribution in [0.4, 0.5) is 0 Å². The summed E-state index contributed by atoms with van der Waals surface area (Å²) in [6, 6.07) is 0. The molecule has 1 saturated carbocycles. The molecule has 1 aliphatic carbocycles. The van der Waals surface area contributed by atoms with Gasteiger partial charge in [-0.15, -0.1) is 12.4 Å². The molecule has 112 valence electrons. The van der Waals surface area contributed by atoms with Crippen LogP contribution in [0.3, 0.4) is 0 Å². The standard InChI is InChI=1S/C13H25N3O2.ClH/c1-2-10-3-5-11(6-4-10)8-15-13(18)9-16-12(17)7-14;/h10-11H,2-9,14H2,1H3,(H,15,18)(H,16,17);1H. The van der Waals surface area contributed by atoms with E-state index in [2.05, 4.69) is 17.6 Å². The predicted molar refractivity (Wildman–Crippen MR) is 78.1 cm³/mol. The van der Waals surface area contributed by atoms with E-state index in [0.717, 1.165) is 12.5 Å². The van der Waals surface area contributed by atoms with E-state index in [1.54, 1.807) is 0 Å². The molecular weight excluding hydrogens is 266 g/mol. The summed E-state index contributed by atoms with van der Waals surface area (Å²) < 4.78 is 0. The first kappa shape index (κ1) is 18.2. The summed E-state index contributed by atoms with van der Waals surface area (Å²) in [7, 11) is 0. The highest BCUT2D eigenvalue weighted by atomic mass is 35.5. The average molecular weight is 292 g/mol. The first-order valence-corrected chi connectivity index (χ1v) is 6.89. The largest absolute Gasteiger partial charge is 0.354 e. The normalized spacial score (nSPS) is 22.2. The van der Waals surface area contributed by atoms with Crippen LogP contribution in [0, 0.1) is 11.8 Å². The molecule has 0 radical (unpaired) electrons. The summed E-state index contributed by atoms with van der Waals surface area (Å²) in [6.07, 6.45) is 6.23. The second kappa shape index (κ2) is 10.0. The van der Waals surface area contributed by atoms with Gasteiger partial charge in [-0.2, -0.15) is 0 Å². The Balaban J connectivity index is 0.00000324. The Bertz CT molecular complexity index is 279. The van der Waals surface area contributed by atoms with Gasteiger partial charge in [-0.05, 0) is 24.7 Å². The smallest absolute Gasteiger partial charge is 0.239 e.